The molecule has 2 rings (SSSR count). The van der Waals surface area contributed by atoms with Gasteiger partial charge in [-0.15, -0.1) is 11.3 Å². The summed E-state index contributed by atoms with van der Waals surface area (Å²) in [4.78, 5) is 4.27. The van der Waals surface area contributed by atoms with E-state index >= 15 is 0 Å². The lowest BCUT2D eigenvalue weighted by Crippen LogP contribution is -1.74. The lowest BCUT2D eigenvalue weighted by Gasteiger charge is -1.95. The highest BCUT2D eigenvalue weighted by atomic mass is 79.9. The van der Waals surface area contributed by atoms with Gasteiger partial charge in [0.05, 0.1) is 15.2 Å². The summed E-state index contributed by atoms with van der Waals surface area (Å²) in [5.41, 5.74) is 2.06. The summed E-state index contributed by atoms with van der Waals surface area (Å²) in [5.74, 6) is 0. The molecule has 2 aromatic rings. The van der Waals surface area contributed by atoms with E-state index in [1.54, 1.807) is 11.3 Å². The second kappa shape index (κ2) is 2.98. The average Bonchev–Trinajstić information content (AvgIpc) is 2.39. The summed E-state index contributed by atoms with van der Waals surface area (Å²) in [5, 5.41) is 0.815. The molecule has 0 amide bonds. The van der Waals surface area contributed by atoms with Crippen molar-refractivity contribution in [3.8, 4) is 0 Å². The maximum absolute atomic E-state index is 6.09. The lowest BCUT2D eigenvalue weighted by atomic mass is 10.2. The van der Waals surface area contributed by atoms with E-state index in [1.165, 1.54) is 0 Å². The fourth-order valence-electron chi connectivity index (χ4n) is 1.03. The molecule has 62 valence electrons. The van der Waals surface area contributed by atoms with Crippen molar-refractivity contribution in [2.75, 3.05) is 0 Å². The van der Waals surface area contributed by atoms with Crippen LogP contribution in [-0.2, 0) is 0 Å². The molecule has 1 heterocycles. The fraction of sp³-hybridized carbons (Fsp3) is 0.125. The predicted molar refractivity (Wildman–Crippen MR) is 57.1 cm³/mol. The largest absolute Gasteiger partial charge is 0.229 e. The third-order valence-electron chi connectivity index (χ3n) is 1.66. The molecule has 0 aliphatic rings. The molecule has 4 heteroatoms. The van der Waals surface area contributed by atoms with Gasteiger partial charge in [0.1, 0.15) is 0 Å². The van der Waals surface area contributed by atoms with Gasteiger partial charge in [0.15, 0.2) is 3.92 Å². The van der Waals surface area contributed by atoms with E-state index in [4.69, 9.17) is 11.6 Å². The van der Waals surface area contributed by atoms with E-state index in [0.29, 0.717) is 0 Å². The Hall–Kier alpha value is -0.120. The topological polar surface area (TPSA) is 12.9 Å². The number of halogens is 2. The molecule has 12 heavy (non-hydrogen) atoms. The van der Waals surface area contributed by atoms with Crippen LogP contribution in [0.4, 0.5) is 0 Å². The van der Waals surface area contributed by atoms with Gasteiger partial charge >= 0.3 is 0 Å². The Morgan fingerprint density at radius 3 is 3.00 bits per heavy atom. The summed E-state index contributed by atoms with van der Waals surface area (Å²) in [6.07, 6.45) is 0. The van der Waals surface area contributed by atoms with Crippen LogP contribution in [0.25, 0.3) is 10.2 Å². The third kappa shape index (κ3) is 1.26. The van der Waals surface area contributed by atoms with E-state index in [1.807, 2.05) is 19.1 Å². The summed E-state index contributed by atoms with van der Waals surface area (Å²) >= 11 is 11.0. The standard InChI is InChI=1S/C8H5BrClNS/c1-4-2-3-5-7(6(4)10)12-8(9)11-5/h2-3H,1H3. The van der Waals surface area contributed by atoms with Crippen molar-refractivity contribution in [3.63, 3.8) is 0 Å². The number of rotatable bonds is 0. The highest BCUT2D eigenvalue weighted by Gasteiger charge is 2.06. The van der Waals surface area contributed by atoms with E-state index in [0.717, 1.165) is 24.7 Å². The molecular weight excluding hydrogens is 258 g/mol. The molecule has 0 aliphatic carbocycles. The fourth-order valence-corrected chi connectivity index (χ4v) is 2.76. The van der Waals surface area contributed by atoms with Crippen LogP contribution in [0.3, 0.4) is 0 Å². The Labute approximate surface area is 87.5 Å². The van der Waals surface area contributed by atoms with Crippen molar-refractivity contribution in [1.29, 1.82) is 0 Å². The Kier molecular flexibility index (Phi) is 2.10. The minimum atomic E-state index is 0.815. The molecule has 0 unspecified atom stereocenters. The number of hydrogen-bond donors (Lipinski definition) is 0. The Balaban J connectivity index is 2.89. The van der Waals surface area contributed by atoms with Crippen LogP contribution in [-0.4, -0.2) is 4.98 Å². The Morgan fingerprint density at radius 1 is 1.50 bits per heavy atom. The van der Waals surface area contributed by atoms with E-state index in [2.05, 4.69) is 20.9 Å². The van der Waals surface area contributed by atoms with E-state index in [9.17, 15) is 0 Å². The first-order chi connectivity index (χ1) is 5.68. The second-order valence-electron chi connectivity index (χ2n) is 2.51. The lowest BCUT2D eigenvalue weighted by molar-refractivity contribution is 1.43. The Morgan fingerprint density at radius 2 is 2.25 bits per heavy atom. The molecular formula is C8H5BrClNS. The molecule has 0 aliphatic heterocycles. The van der Waals surface area contributed by atoms with E-state index in [-0.39, 0.29) is 0 Å². The zero-order chi connectivity index (χ0) is 8.72. The maximum atomic E-state index is 6.09. The smallest absolute Gasteiger partial charge is 0.160 e. The van der Waals surface area contributed by atoms with Crippen molar-refractivity contribution in [2.45, 2.75) is 6.92 Å². The zero-order valence-electron chi connectivity index (χ0n) is 6.27. The van der Waals surface area contributed by atoms with Crippen LogP contribution in [0.15, 0.2) is 16.0 Å². The number of hydrogen-bond acceptors (Lipinski definition) is 2. The summed E-state index contributed by atoms with van der Waals surface area (Å²) in [7, 11) is 0. The highest BCUT2D eigenvalue weighted by Crippen LogP contribution is 2.33. The van der Waals surface area contributed by atoms with Crippen LogP contribution < -0.4 is 0 Å². The number of thiazole rings is 1. The monoisotopic (exact) mass is 261 g/mol. The van der Waals surface area contributed by atoms with Crippen LogP contribution in [0.2, 0.25) is 5.02 Å². The maximum Gasteiger partial charge on any atom is 0.160 e. The molecule has 0 saturated carbocycles. The number of aryl methyl sites for hydroxylation is 1. The first-order valence-electron chi connectivity index (χ1n) is 3.39. The molecule has 1 aromatic carbocycles. The molecule has 0 spiro atoms. The molecule has 1 aromatic heterocycles. The number of aromatic nitrogens is 1. The average molecular weight is 263 g/mol. The van der Waals surface area contributed by atoms with Crippen molar-refractivity contribution >= 4 is 49.1 Å². The van der Waals surface area contributed by atoms with Gasteiger partial charge in [-0.3, -0.25) is 0 Å². The normalized spacial score (nSPS) is 10.9. The molecule has 0 radical (unpaired) electrons. The predicted octanol–water partition coefficient (Wildman–Crippen LogP) is 4.02. The van der Waals surface area contributed by atoms with Gasteiger partial charge in [0.2, 0.25) is 0 Å². The van der Waals surface area contributed by atoms with Gasteiger partial charge in [0.25, 0.3) is 0 Å². The third-order valence-corrected chi connectivity index (χ3v) is 3.80. The molecule has 0 N–H and O–H groups in total. The molecule has 0 fully saturated rings. The van der Waals surface area contributed by atoms with Crippen molar-refractivity contribution < 1.29 is 0 Å². The SMILES string of the molecule is Cc1ccc2nc(Br)sc2c1Cl. The van der Waals surface area contributed by atoms with Crippen molar-refractivity contribution in [2.24, 2.45) is 0 Å². The number of benzene rings is 1. The minimum Gasteiger partial charge on any atom is -0.229 e. The Bertz CT molecular complexity index is 438. The van der Waals surface area contributed by atoms with Crippen LogP contribution >= 0.6 is 38.9 Å². The van der Waals surface area contributed by atoms with Crippen LogP contribution in [0, 0.1) is 6.92 Å². The molecule has 0 atom stereocenters. The highest BCUT2D eigenvalue weighted by molar-refractivity contribution is 9.11. The van der Waals surface area contributed by atoms with E-state index < -0.39 is 0 Å². The summed E-state index contributed by atoms with van der Waals surface area (Å²) in [6, 6.07) is 3.97. The summed E-state index contributed by atoms with van der Waals surface area (Å²) in [6.45, 7) is 2.00. The quantitative estimate of drug-likeness (QED) is 0.699. The summed E-state index contributed by atoms with van der Waals surface area (Å²) < 4.78 is 1.94. The van der Waals surface area contributed by atoms with Crippen LogP contribution in [0.1, 0.15) is 5.56 Å². The van der Waals surface area contributed by atoms with Gasteiger partial charge in [0, 0.05) is 0 Å². The molecule has 0 bridgehead atoms. The van der Waals surface area contributed by atoms with Crippen LogP contribution in [0.5, 0.6) is 0 Å². The second-order valence-corrected chi connectivity index (χ2v) is 5.16. The van der Waals surface area contributed by atoms with Gasteiger partial charge < -0.3 is 0 Å². The van der Waals surface area contributed by atoms with Crippen molar-refractivity contribution in [3.05, 3.63) is 26.6 Å². The first kappa shape index (κ1) is 8.48. The molecule has 0 saturated heterocycles. The van der Waals surface area contributed by atoms with Gasteiger partial charge in [-0.2, -0.15) is 0 Å². The van der Waals surface area contributed by atoms with Gasteiger partial charge in [-0.25, -0.2) is 4.98 Å². The minimum absolute atomic E-state index is 0.815. The number of nitrogens with zero attached hydrogens (tertiary/aromatic N) is 1. The number of fused-ring (bicyclic) bond motifs is 1. The molecule has 1 nitrogen and oxygen atoms in total. The first-order valence-corrected chi connectivity index (χ1v) is 5.38. The van der Waals surface area contributed by atoms with Crippen molar-refractivity contribution in [1.82, 2.24) is 4.98 Å². The zero-order valence-corrected chi connectivity index (χ0v) is 9.42. The van der Waals surface area contributed by atoms with Gasteiger partial charge in [-0.05, 0) is 34.5 Å². The van der Waals surface area contributed by atoms with Gasteiger partial charge in [-0.1, -0.05) is 17.7 Å².